The van der Waals surface area contributed by atoms with E-state index in [1.54, 1.807) is 18.4 Å². The van der Waals surface area contributed by atoms with E-state index < -0.39 is 0 Å². The van der Waals surface area contributed by atoms with E-state index in [1.165, 1.54) is 0 Å². The zero-order chi connectivity index (χ0) is 12.3. The Hall–Kier alpha value is -1.40. The maximum atomic E-state index is 11.8. The Balaban J connectivity index is 2.05. The van der Waals surface area contributed by atoms with Gasteiger partial charge in [0.2, 0.25) is 0 Å². The number of nitrogens with one attached hydrogen (secondary N) is 2. The minimum absolute atomic E-state index is 0.0493. The summed E-state index contributed by atoms with van der Waals surface area (Å²) in [6.45, 7) is 3.08. The first kappa shape index (κ1) is 12.1. The van der Waals surface area contributed by atoms with Crippen molar-refractivity contribution in [3.05, 3.63) is 21.9 Å². The monoisotopic (exact) mass is 253 g/mol. The molecule has 2 rings (SSSR count). The normalized spacial score (nSPS) is 21.6. The van der Waals surface area contributed by atoms with Crippen molar-refractivity contribution in [1.82, 2.24) is 10.6 Å². The Kier molecular flexibility index (Phi) is 3.75. The third-order valence-electron chi connectivity index (χ3n) is 2.51. The number of ether oxygens (including phenoxy) is 1. The molecule has 1 aromatic rings. The van der Waals surface area contributed by atoms with Crippen LogP contribution in [-0.2, 0) is 9.53 Å². The number of hydrogen-bond donors (Lipinski definition) is 2. The summed E-state index contributed by atoms with van der Waals surface area (Å²) >= 11 is 1.58. The van der Waals surface area contributed by atoms with E-state index in [2.05, 4.69) is 15.6 Å². The van der Waals surface area contributed by atoms with E-state index in [4.69, 9.17) is 4.74 Å². The highest BCUT2D eigenvalue weighted by Gasteiger charge is 2.31. The van der Waals surface area contributed by atoms with Crippen LogP contribution in [0.2, 0.25) is 0 Å². The zero-order valence-corrected chi connectivity index (χ0v) is 10.6. The van der Waals surface area contributed by atoms with Crippen LogP contribution in [0.15, 0.2) is 16.4 Å². The van der Waals surface area contributed by atoms with Crippen molar-refractivity contribution in [3.63, 3.8) is 0 Å². The summed E-state index contributed by atoms with van der Waals surface area (Å²) in [5.74, 6) is 0.483. The van der Waals surface area contributed by atoms with Gasteiger partial charge in [-0.3, -0.25) is 15.1 Å². The molecule has 1 saturated heterocycles. The third kappa shape index (κ3) is 2.65. The van der Waals surface area contributed by atoms with Crippen LogP contribution in [0.4, 0.5) is 0 Å². The molecule has 0 bridgehead atoms. The minimum atomic E-state index is -0.309. The van der Waals surface area contributed by atoms with E-state index in [-0.39, 0.29) is 11.9 Å². The Labute approximate surface area is 104 Å². The van der Waals surface area contributed by atoms with Crippen LogP contribution in [0.25, 0.3) is 0 Å². The number of aliphatic imine (C=N–C) groups is 1. The predicted molar refractivity (Wildman–Crippen MR) is 67.3 cm³/mol. The number of hydrogen-bond acceptors (Lipinski definition) is 4. The summed E-state index contributed by atoms with van der Waals surface area (Å²) in [6, 6.07) is 1.70. The molecule has 1 amide bonds. The SMILES string of the molecule is COCCN=C1NC(=O)C(c2sccc2C)N1. The second kappa shape index (κ2) is 5.29. The highest BCUT2D eigenvalue weighted by Crippen LogP contribution is 2.25. The molecule has 17 heavy (non-hydrogen) atoms. The Morgan fingerprint density at radius 1 is 1.59 bits per heavy atom. The van der Waals surface area contributed by atoms with Crippen molar-refractivity contribution in [1.29, 1.82) is 0 Å². The van der Waals surface area contributed by atoms with Gasteiger partial charge in [0, 0.05) is 12.0 Å². The van der Waals surface area contributed by atoms with Crippen LogP contribution < -0.4 is 10.6 Å². The van der Waals surface area contributed by atoms with Gasteiger partial charge in [-0.05, 0) is 23.9 Å². The van der Waals surface area contributed by atoms with Crippen LogP contribution in [0, 0.1) is 6.92 Å². The molecule has 6 heteroatoms. The van der Waals surface area contributed by atoms with Gasteiger partial charge >= 0.3 is 0 Å². The number of rotatable bonds is 4. The van der Waals surface area contributed by atoms with Crippen LogP contribution in [-0.4, -0.2) is 32.1 Å². The van der Waals surface area contributed by atoms with Gasteiger partial charge in [-0.2, -0.15) is 0 Å². The summed E-state index contributed by atoms with van der Waals surface area (Å²) in [5.41, 5.74) is 1.13. The van der Waals surface area contributed by atoms with Crippen molar-refractivity contribution < 1.29 is 9.53 Å². The lowest BCUT2D eigenvalue weighted by molar-refractivity contribution is -0.120. The van der Waals surface area contributed by atoms with Gasteiger partial charge in [-0.1, -0.05) is 0 Å². The molecule has 1 unspecified atom stereocenters. The molecular weight excluding hydrogens is 238 g/mol. The summed E-state index contributed by atoms with van der Waals surface area (Å²) in [7, 11) is 1.62. The van der Waals surface area contributed by atoms with Gasteiger partial charge in [0.15, 0.2) is 5.96 Å². The first-order valence-corrected chi connectivity index (χ1v) is 6.25. The van der Waals surface area contributed by atoms with Gasteiger partial charge in [-0.15, -0.1) is 11.3 Å². The minimum Gasteiger partial charge on any atom is -0.383 e. The number of aryl methyl sites for hydroxylation is 1. The van der Waals surface area contributed by atoms with Crippen LogP contribution >= 0.6 is 11.3 Å². The molecule has 1 fully saturated rings. The van der Waals surface area contributed by atoms with Crippen molar-refractivity contribution in [2.24, 2.45) is 4.99 Å². The molecule has 2 heterocycles. The first-order valence-electron chi connectivity index (χ1n) is 5.37. The Bertz CT molecular complexity index is 442. The Morgan fingerprint density at radius 3 is 3.06 bits per heavy atom. The fourth-order valence-corrected chi connectivity index (χ4v) is 2.60. The lowest BCUT2D eigenvalue weighted by Gasteiger charge is -2.06. The average molecular weight is 253 g/mol. The van der Waals surface area contributed by atoms with Gasteiger partial charge < -0.3 is 10.1 Å². The number of nitrogens with zero attached hydrogens (tertiary/aromatic N) is 1. The van der Waals surface area contributed by atoms with Crippen LogP contribution in [0.5, 0.6) is 0 Å². The third-order valence-corrected chi connectivity index (χ3v) is 3.60. The lowest BCUT2D eigenvalue weighted by Crippen LogP contribution is -2.26. The molecular formula is C11H15N3O2S. The quantitative estimate of drug-likeness (QED) is 0.781. The van der Waals surface area contributed by atoms with Crippen molar-refractivity contribution in [3.8, 4) is 0 Å². The number of thiophene rings is 1. The van der Waals surface area contributed by atoms with Crippen LogP contribution in [0.3, 0.4) is 0 Å². The molecule has 0 radical (unpaired) electrons. The number of methoxy groups -OCH3 is 1. The number of carbonyl (C=O) groups is 1. The lowest BCUT2D eigenvalue weighted by atomic mass is 10.2. The second-order valence-electron chi connectivity index (χ2n) is 3.76. The summed E-state index contributed by atoms with van der Waals surface area (Å²) < 4.78 is 4.90. The maximum Gasteiger partial charge on any atom is 0.254 e. The largest absolute Gasteiger partial charge is 0.383 e. The van der Waals surface area contributed by atoms with Gasteiger partial charge in [0.1, 0.15) is 6.04 Å². The molecule has 2 N–H and O–H groups in total. The van der Waals surface area contributed by atoms with Crippen molar-refractivity contribution in [2.75, 3.05) is 20.3 Å². The fourth-order valence-electron chi connectivity index (χ4n) is 1.63. The molecule has 0 aromatic carbocycles. The summed E-state index contributed by atoms with van der Waals surface area (Å²) in [4.78, 5) is 17.0. The molecule has 1 aliphatic rings. The molecule has 92 valence electrons. The van der Waals surface area contributed by atoms with Gasteiger partial charge in [0.05, 0.1) is 13.2 Å². The average Bonchev–Trinajstić information content (AvgIpc) is 2.85. The van der Waals surface area contributed by atoms with Crippen molar-refractivity contribution >= 4 is 23.2 Å². The van der Waals surface area contributed by atoms with Crippen LogP contribution in [0.1, 0.15) is 16.5 Å². The Morgan fingerprint density at radius 2 is 2.41 bits per heavy atom. The molecule has 0 aliphatic carbocycles. The molecule has 5 nitrogen and oxygen atoms in total. The summed E-state index contributed by atoms with van der Waals surface area (Å²) in [6.07, 6.45) is 0. The van der Waals surface area contributed by atoms with Gasteiger partial charge in [0.25, 0.3) is 5.91 Å². The predicted octanol–water partition coefficient (Wildman–Crippen LogP) is 0.819. The highest BCUT2D eigenvalue weighted by molar-refractivity contribution is 7.10. The summed E-state index contributed by atoms with van der Waals surface area (Å²) in [5, 5.41) is 7.80. The van der Waals surface area contributed by atoms with Crippen molar-refractivity contribution in [2.45, 2.75) is 13.0 Å². The van der Waals surface area contributed by atoms with Gasteiger partial charge in [-0.25, -0.2) is 0 Å². The topological polar surface area (TPSA) is 62.7 Å². The molecule has 1 atom stereocenters. The molecule has 1 aromatic heterocycles. The van der Waals surface area contributed by atoms with E-state index >= 15 is 0 Å². The maximum absolute atomic E-state index is 11.8. The van der Waals surface area contributed by atoms with E-state index in [0.717, 1.165) is 10.4 Å². The smallest absolute Gasteiger partial charge is 0.254 e. The number of carbonyl (C=O) groups excluding carboxylic acids is 1. The van der Waals surface area contributed by atoms with E-state index in [1.807, 2.05) is 18.4 Å². The highest BCUT2D eigenvalue weighted by atomic mass is 32.1. The number of guanidine groups is 1. The number of amides is 1. The molecule has 0 spiro atoms. The van der Waals surface area contributed by atoms with E-state index in [9.17, 15) is 4.79 Å². The first-order chi connectivity index (χ1) is 8.22. The molecule has 1 aliphatic heterocycles. The zero-order valence-electron chi connectivity index (χ0n) is 9.82. The standard InChI is InChI=1S/C11H15N3O2S/c1-7-3-6-17-9(7)8-10(15)14-11(13-8)12-4-5-16-2/h3,6,8H,4-5H2,1-2H3,(H2,12,13,14,15). The van der Waals surface area contributed by atoms with E-state index in [0.29, 0.717) is 19.1 Å². The fraction of sp³-hybridized carbons (Fsp3) is 0.455. The molecule has 0 saturated carbocycles. The second-order valence-corrected chi connectivity index (χ2v) is 4.71.